The van der Waals surface area contributed by atoms with Gasteiger partial charge in [-0.2, -0.15) is 0 Å². The van der Waals surface area contributed by atoms with Gasteiger partial charge in [-0.1, -0.05) is 6.92 Å². The molecule has 1 atom stereocenters. The summed E-state index contributed by atoms with van der Waals surface area (Å²) in [4.78, 5) is 2.78. The van der Waals surface area contributed by atoms with E-state index in [-0.39, 0.29) is 0 Å². The number of ether oxygens (including phenoxy) is 1. The Balaban J connectivity index is 2.44. The summed E-state index contributed by atoms with van der Waals surface area (Å²) in [6, 6.07) is 0. The van der Waals surface area contributed by atoms with Gasteiger partial charge < -0.3 is 4.74 Å². The molecule has 15 heavy (non-hydrogen) atoms. The van der Waals surface area contributed by atoms with Crippen LogP contribution >= 0.6 is 23.1 Å². The Morgan fingerprint density at radius 3 is 3.07 bits per heavy atom. The van der Waals surface area contributed by atoms with Crippen LogP contribution in [0.3, 0.4) is 0 Å². The smallest absolute Gasteiger partial charge is 0.139 e. The van der Waals surface area contributed by atoms with Crippen LogP contribution in [0, 0.1) is 6.92 Å². The SMILES string of the molecule is CCc1c(C)sc2c1OCCNC2SC. The second-order valence-corrected chi connectivity index (χ2v) is 5.80. The van der Waals surface area contributed by atoms with Crippen molar-refractivity contribution in [1.82, 2.24) is 5.32 Å². The number of hydrogen-bond donors (Lipinski definition) is 1. The van der Waals surface area contributed by atoms with Crippen molar-refractivity contribution in [3.63, 3.8) is 0 Å². The zero-order valence-electron chi connectivity index (χ0n) is 9.42. The molecule has 2 heterocycles. The quantitative estimate of drug-likeness (QED) is 0.863. The van der Waals surface area contributed by atoms with Gasteiger partial charge >= 0.3 is 0 Å². The number of thioether (sulfide) groups is 1. The van der Waals surface area contributed by atoms with Gasteiger partial charge in [0.25, 0.3) is 0 Å². The number of nitrogens with one attached hydrogen (secondary N) is 1. The highest BCUT2D eigenvalue weighted by Gasteiger charge is 2.24. The molecule has 1 aliphatic heterocycles. The number of aryl methyl sites for hydroxylation is 1. The molecule has 0 saturated carbocycles. The van der Waals surface area contributed by atoms with Crippen molar-refractivity contribution in [3.05, 3.63) is 15.3 Å². The van der Waals surface area contributed by atoms with Crippen LogP contribution in [-0.2, 0) is 6.42 Å². The summed E-state index contributed by atoms with van der Waals surface area (Å²) in [7, 11) is 0. The summed E-state index contributed by atoms with van der Waals surface area (Å²) in [6.45, 7) is 6.12. The zero-order valence-corrected chi connectivity index (χ0v) is 11.1. The number of hydrogen-bond acceptors (Lipinski definition) is 4. The molecule has 0 spiro atoms. The van der Waals surface area contributed by atoms with Crippen LogP contribution in [0.5, 0.6) is 5.75 Å². The summed E-state index contributed by atoms with van der Waals surface area (Å²) in [5, 5.41) is 3.91. The minimum atomic E-state index is 0.409. The molecule has 0 aliphatic carbocycles. The van der Waals surface area contributed by atoms with E-state index in [1.165, 1.54) is 15.3 Å². The minimum Gasteiger partial charge on any atom is -0.491 e. The van der Waals surface area contributed by atoms with Gasteiger partial charge in [-0.15, -0.1) is 23.1 Å². The molecule has 4 heteroatoms. The maximum absolute atomic E-state index is 5.86. The summed E-state index contributed by atoms with van der Waals surface area (Å²) in [5.41, 5.74) is 1.40. The lowest BCUT2D eigenvalue weighted by Gasteiger charge is -2.11. The Morgan fingerprint density at radius 1 is 1.60 bits per heavy atom. The van der Waals surface area contributed by atoms with E-state index in [0.29, 0.717) is 5.37 Å². The standard InChI is InChI=1S/C11H17NOS2/c1-4-8-7(2)15-10-9(8)13-6-5-12-11(10)14-3/h11-12H,4-6H2,1-3H3. The van der Waals surface area contributed by atoms with Gasteiger partial charge in [0.2, 0.25) is 0 Å². The van der Waals surface area contributed by atoms with Gasteiger partial charge in [-0.05, 0) is 19.6 Å². The molecule has 1 aromatic heterocycles. The fraction of sp³-hybridized carbons (Fsp3) is 0.636. The number of thiophene rings is 1. The molecular weight excluding hydrogens is 226 g/mol. The maximum atomic E-state index is 5.86. The molecule has 2 nitrogen and oxygen atoms in total. The summed E-state index contributed by atoms with van der Waals surface area (Å²) < 4.78 is 5.86. The van der Waals surface area contributed by atoms with Gasteiger partial charge in [0.1, 0.15) is 12.4 Å². The maximum Gasteiger partial charge on any atom is 0.139 e. The molecular formula is C11H17NOS2. The highest BCUT2D eigenvalue weighted by molar-refractivity contribution is 7.98. The van der Waals surface area contributed by atoms with Crippen molar-refractivity contribution in [2.75, 3.05) is 19.4 Å². The molecule has 0 radical (unpaired) electrons. The third-order valence-corrected chi connectivity index (χ3v) is 4.91. The third kappa shape index (κ3) is 2.03. The topological polar surface area (TPSA) is 21.3 Å². The fourth-order valence-electron chi connectivity index (χ4n) is 1.95. The van der Waals surface area contributed by atoms with Crippen LogP contribution in [0.1, 0.15) is 27.6 Å². The fourth-order valence-corrected chi connectivity index (χ4v) is 4.14. The first kappa shape index (κ1) is 11.3. The second kappa shape index (κ2) is 4.76. The van der Waals surface area contributed by atoms with E-state index in [1.54, 1.807) is 0 Å². The predicted octanol–water partition coefficient (Wildman–Crippen LogP) is 2.96. The van der Waals surface area contributed by atoms with E-state index >= 15 is 0 Å². The summed E-state index contributed by atoms with van der Waals surface area (Å²) in [6.07, 6.45) is 3.21. The Labute approximate surface area is 99.4 Å². The van der Waals surface area contributed by atoms with Crippen molar-refractivity contribution in [3.8, 4) is 5.75 Å². The number of fused-ring (bicyclic) bond motifs is 1. The summed E-state index contributed by atoms with van der Waals surface area (Å²) >= 11 is 3.73. The van der Waals surface area contributed by atoms with E-state index < -0.39 is 0 Å². The van der Waals surface area contributed by atoms with Crippen LogP contribution in [0.4, 0.5) is 0 Å². The van der Waals surface area contributed by atoms with Crippen LogP contribution in [0.25, 0.3) is 0 Å². The van der Waals surface area contributed by atoms with E-state index in [1.807, 2.05) is 23.1 Å². The van der Waals surface area contributed by atoms with Gasteiger partial charge in [0.05, 0.1) is 10.3 Å². The molecule has 1 N–H and O–H groups in total. The third-order valence-electron chi connectivity index (χ3n) is 2.69. The molecule has 1 unspecified atom stereocenters. The first-order chi connectivity index (χ1) is 7.27. The molecule has 0 aromatic carbocycles. The highest BCUT2D eigenvalue weighted by Crippen LogP contribution is 2.43. The molecule has 0 bridgehead atoms. The average molecular weight is 243 g/mol. The van der Waals surface area contributed by atoms with Crippen LogP contribution in [0.2, 0.25) is 0 Å². The molecule has 0 saturated heterocycles. The monoisotopic (exact) mass is 243 g/mol. The molecule has 2 rings (SSSR count). The van der Waals surface area contributed by atoms with E-state index in [2.05, 4.69) is 25.4 Å². The Kier molecular flexibility index (Phi) is 3.59. The van der Waals surface area contributed by atoms with Crippen molar-refractivity contribution in [2.24, 2.45) is 0 Å². The van der Waals surface area contributed by atoms with Crippen LogP contribution in [0.15, 0.2) is 0 Å². The lowest BCUT2D eigenvalue weighted by atomic mass is 10.2. The second-order valence-electron chi connectivity index (χ2n) is 3.60. The Morgan fingerprint density at radius 2 is 2.40 bits per heavy atom. The normalized spacial score (nSPS) is 20.6. The lowest BCUT2D eigenvalue weighted by molar-refractivity contribution is 0.323. The molecule has 1 aromatic rings. The molecule has 84 valence electrons. The van der Waals surface area contributed by atoms with Gasteiger partial charge in [-0.25, -0.2) is 0 Å². The number of rotatable bonds is 2. The average Bonchev–Trinajstić information content (AvgIpc) is 2.43. The van der Waals surface area contributed by atoms with Gasteiger partial charge in [-0.3, -0.25) is 5.32 Å². The largest absolute Gasteiger partial charge is 0.491 e. The summed E-state index contributed by atoms with van der Waals surface area (Å²) in [5.74, 6) is 1.16. The van der Waals surface area contributed by atoms with Crippen molar-refractivity contribution < 1.29 is 4.74 Å². The van der Waals surface area contributed by atoms with Crippen LogP contribution < -0.4 is 10.1 Å². The van der Waals surface area contributed by atoms with E-state index in [0.717, 1.165) is 25.3 Å². The van der Waals surface area contributed by atoms with Crippen LogP contribution in [-0.4, -0.2) is 19.4 Å². The first-order valence-electron chi connectivity index (χ1n) is 5.29. The molecule has 0 fully saturated rings. The van der Waals surface area contributed by atoms with Gasteiger partial charge in [0.15, 0.2) is 0 Å². The van der Waals surface area contributed by atoms with E-state index in [4.69, 9.17) is 4.74 Å². The van der Waals surface area contributed by atoms with Gasteiger partial charge in [0, 0.05) is 17.0 Å². The Hall–Kier alpha value is -0.190. The van der Waals surface area contributed by atoms with Crippen molar-refractivity contribution in [1.29, 1.82) is 0 Å². The predicted molar refractivity (Wildman–Crippen MR) is 68.2 cm³/mol. The zero-order chi connectivity index (χ0) is 10.8. The first-order valence-corrected chi connectivity index (χ1v) is 7.39. The minimum absolute atomic E-state index is 0.409. The Bertz CT molecular complexity index is 349. The molecule has 1 aliphatic rings. The van der Waals surface area contributed by atoms with Crippen molar-refractivity contribution >= 4 is 23.1 Å². The molecule has 0 amide bonds. The van der Waals surface area contributed by atoms with E-state index in [9.17, 15) is 0 Å². The lowest BCUT2D eigenvalue weighted by Crippen LogP contribution is -2.20. The highest BCUT2D eigenvalue weighted by atomic mass is 32.2. The van der Waals surface area contributed by atoms with Crippen molar-refractivity contribution in [2.45, 2.75) is 25.6 Å².